The maximum atomic E-state index is 12.1. The second kappa shape index (κ2) is 8.99. The first-order chi connectivity index (χ1) is 13.1. The van der Waals surface area contributed by atoms with Gasteiger partial charge in [0.05, 0.1) is 6.42 Å². The number of hydrogen-bond acceptors (Lipinski definition) is 4. The fourth-order valence-corrected chi connectivity index (χ4v) is 3.12. The van der Waals surface area contributed by atoms with Gasteiger partial charge in [0.2, 0.25) is 0 Å². The highest BCUT2D eigenvalue weighted by Gasteiger charge is 2.14. The monoisotopic (exact) mass is 361 g/mol. The molecule has 2 aromatic carbocycles. The van der Waals surface area contributed by atoms with Crippen molar-refractivity contribution in [3.8, 4) is 5.75 Å². The molecule has 1 saturated heterocycles. The molecule has 4 nitrogen and oxygen atoms in total. The maximum Gasteiger partial charge on any atom is 0.163 e. The second-order valence-electron chi connectivity index (χ2n) is 6.62. The third kappa shape index (κ3) is 5.42. The smallest absolute Gasteiger partial charge is 0.163 e. The van der Waals surface area contributed by atoms with Crippen molar-refractivity contribution in [2.45, 2.75) is 19.3 Å². The van der Waals surface area contributed by atoms with Gasteiger partial charge < -0.3 is 10.0 Å². The Hall–Kier alpha value is -3.14. The third-order valence-electron chi connectivity index (χ3n) is 4.54. The SMILES string of the molecule is O=C(/C=C/c1ccc(O)cc1)CC(=O)/C=C/c1ccccc1N1CCCC1. The van der Waals surface area contributed by atoms with Crippen LogP contribution in [-0.2, 0) is 9.59 Å². The molecule has 0 bridgehead atoms. The zero-order valence-corrected chi connectivity index (χ0v) is 15.2. The number of allylic oxidation sites excluding steroid dienone is 2. The van der Waals surface area contributed by atoms with Crippen LogP contribution in [0, 0.1) is 0 Å². The molecule has 27 heavy (non-hydrogen) atoms. The molecule has 1 aliphatic heterocycles. The lowest BCUT2D eigenvalue weighted by molar-refractivity contribution is -0.121. The standard InChI is InChI=1S/C23H23NO3/c25-20-11-7-18(8-12-20)9-13-21(26)17-22(27)14-10-19-5-1-2-6-23(19)24-15-3-4-16-24/h1-2,5-14,25H,3-4,15-17H2/b13-9+,14-10+. The molecule has 4 heteroatoms. The number of rotatable bonds is 7. The summed E-state index contributed by atoms with van der Waals surface area (Å²) in [5.41, 5.74) is 2.93. The van der Waals surface area contributed by atoms with Crippen LogP contribution in [0.2, 0.25) is 0 Å². The molecule has 0 aromatic heterocycles. The molecule has 0 radical (unpaired) electrons. The average Bonchev–Trinajstić information content (AvgIpc) is 3.21. The lowest BCUT2D eigenvalue weighted by Crippen LogP contribution is -2.18. The number of nitrogens with zero attached hydrogens (tertiary/aromatic N) is 1. The van der Waals surface area contributed by atoms with Gasteiger partial charge >= 0.3 is 0 Å². The Bertz CT molecular complexity index is 859. The predicted octanol–water partition coefficient (Wildman–Crippen LogP) is 4.25. The third-order valence-corrected chi connectivity index (χ3v) is 4.54. The number of hydrogen-bond donors (Lipinski definition) is 1. The minimum Gasteiger partial charge on any atom is -0.508 e. The van der Waals surface area contributed by atoms with Gasteiger partial charge in [-0.15, -0.1) is 0 Å². The van der Waals surface area contributed by atoms with Crippen molar-refractivity contribution in [1.82, 2.24) is 0 Å². The van der Waals surface area contributed by atoms with Gasteiger partial charge in [-0.1, -0.05) is 36.4 Å². The summed E-state index contributed by atoms with van der Waals surface area (Å²) < 4.78 is 0. The van der Waals surface area contributed by atoms with E-state index in [-0.39, 0.29) is 23.7 Å². The van der Waals surface area contributed by atoms with Crippen LogP contribution in [0.5, 0.6) is 5.75 Å². The molecule has 0 saturated carbocycles. The van der Waals surface area contributed by atoms with Gasteiger partial charge in [-0.3, -0.25) is 9.59 Å². The number of phenols is 1. The summed E-state index contributed by atoms with van der Waals surface area (Å²) >= 11 is 0. The summed E-state index contributed by atoms with van der Waals surface area (Å²) in [4.78, 5) is 26.4. The highest BCUT2D eigenvalue weighted by molar-refractivity contribution is 6.11. The Morgan fingerprint density at radius 3 is 2.22 bits per heavy atom. The summed E-state index contributed by atoms with van der Waals surface area (Å²) in [6, 6.07) is 14.5. The number of para-hydroxylation sites is 1. The van der Waals surface area contributed by atoms with E-state index in [1.54, 1.807) is 36.4 Å². The Kier molecular flexibility index (Phi) is 6.21. The van der Waals surface area contributed by atoms with Crippen LogP contribution in [-0.4, -0.2) is 29.8 Å². The molecule has 1 heterocycles. The van der Waals surface area contributed by atoms with E-state index in [1.165, 1.54) is 25.0 Å². The van der Waals surface area contributed by atoms with E-state index < -0.39 is 0 Å². The Balaban J connectivity index is 1.59. The largest absolute Gasteiger partial charge is 0.508 e. The fourth-order valence-electron chi connectivity index (χ4n) is 3.12. The van der Waals surface area contributed by atoms with E-state index in [0.29, 0.717) is 0 Å². The number of phenolic OH excluding ortho intramolecular Hbond substituents is 1. The topological polar surface area (TPSA) is 57.6 Å². The van der Waals surface area contributed by atoms with Gasteiger partial charge in [0, 0.05) is 18.8 Å². The van der Waals surface area contributed by atoms with Crippen molar-refractivity contribution < 1.29 is 14.7 Å². The lowest BCUT2D eigenvalue weighted by Gasteiger charge is -2.19. The Morgan fingerprint density at radius 1 is 0.889 bits per heavy atom. The molecular weight excluding hydrogens is 338 g/mol. The van der Waals surface area contributed by atoms with E-state index in [0.717, 1.165) is 29.9 Å². The molecule has 3 rings (SSSR count). The molecule has 1 fully saturated rings. The zero-order chi connectivity index (χ0) is 19.1. The molecule has 1 N–H and O–H groups in total. The first kappa shape index (κ1) is 18.6. The molecule has 1 aliphatic rings. The molecule has 0 aliphatic carbocycles. The normalized spacial score (nSPS) is 14.3. The quantitative estimate of drug-likeness (QED) is 0.592. The maximum absolute atomic E-state index is 12.1. The number of carbonyl (C=O) groups excluding carboxylic acids is 2. The summed E-state index contributed by atoms with van der Waals surface area (Å²) in [6.45, 7) is 2.08. The van der Waals surface area contributed by atoms with Crippen LogP contribution >= 0.6 is 0 Å². The first-order valence-electron chi connectivity index (χ1n) is 9.17. The summed E-state index contributed by atoms with van der Waals surface area (Å²) in [5.74, 6) is -0.287. The number of carbonyl (C=O) groups is 2. The molecule has 0 spiro atoms. The summed E-state index contributed by atoms with van der Waals surface area (Å²) in [5, 5.41) is 9.25. The summed E-state index contributed by atoms with van der Waals surface area (Å²) in [7, 11) is 0. The fraction of sp³-hybridized carbons (Fsp3) is 0.217. The number of ketones is 2. The Morgan fingerprint density at radius 2 is 1.52 bits per heavy atom. The minimum absolute atomic E-state index is 0.156. The molecule has 138 valence electrons. The van der Waals surface area contributed by atoms with Crippen LogP contribution < -0.4 is 4.90 Å². The van der Waals surface area contributed by atoms with Gasteiger partial charge in [-0.2, -0.15) is 0 Å². The van der Waals surface area contributed by atoms with E-state index in [1.807, 2.05) is 18.2 Å². The van der Waals surface area contributed by atoms with Crippen molar-refractivity contribution in [1.29, 1.82) is 0 Å². The van der Waals surface area contributed by atoms with E-state index >= 15 is 0 Å². The van der Waals surface area contributed by atoms with Crippen LogP contribution in [0.15, 0.2) is 60.7 Å². The molecule has 0 atom stereocenters. The Labute approximate surface area is 159 Å². The highest BCUT2D eigenvalue weighted by atomic mass is 16.3. The molecule has 0 amide bonds. The van der Waals surface area contributed by atoms with Crippen LogP contribution in [0.4, 0.5) is 5.69 Å². The molecule has 2 aromatic rings. The highest BCUT2D eigenvalue weighted by Crippen LogP contribution is 2.25. The van der Waals surface area contributed by atoms with Gasteiger partial charge in [-0.05, 0) is 60.4 Å². The molecule has 0 unspecified atom stereocenters. The predicted molar refractivity (Wildman–Crippen MR) is 109 cm³/mol. The van der Waals surface area contributed by atoms with Gasteiger partial charge in [0.15, 0.2) is 11.6 Å². The molecular formula is C23H23NO3. The zero-order valence-electron chi connectivity index (χ0n) is 15.2. The van der Waals surface area contributed by atoms with E-state index in [9.17, 15) is 14.7 Å². The number of benzene rings is 2. The minimum atomic E-state index is -0.245. The van der Waals surface area contributed by atoms with Crippen LogP contribution in [0.25, 0.3) is 12.2 Å². The van der Waals surface area contributed by atoms with E-state index in [4.69, 9.17) is 0 Å². The van der Waals surface area contributed by atoms with Gasteiger partial charge in [-0.25, -0.2) is 0 Å². The first-order valence-corrected chi connectivity index (χ1v) is 9.17. The lowest BCUT2D eigenvalue weighted by atomic mass is 10.1. The van der Waals surface area contributed by atoms with Crippen molar-refractivity contribution in [3.63, 3.8) is 0 Å². The summed E-state index contributed by atoms with van der Waals surface area (Å²) in [6.07, 6.45) is 8.56. The van der Waals surface area contributed by atoms with Crippen molar-refractivity contribution in [3.05, 3.63) is 71.8 Å². The number of aromatic hydroxyl groups is 1. The van der Waals surface area contributed by atoms with Gasteiger partial charge in [0.1, 0.15) is 5.75 Å². The van der Waals surface area contributed by atoms with Crippen molar-refractivity contribution in [2.75, 3.05) is 18.0 Å². The van der Waals surface area contributed by atoms with Crippen molar-refractivity contribution in [2.24, 2.45) is 0 Å². The van der Waals surface area contributed by atoms with Crippen molar-refractivity contribution >= 4 is 29.4 Å². The average molecular weight is 361 g/mol. The van der Waals surface area contributed by atoms with E-state index in [2.05, 4.69) is 11.0 Å². The van der Waals surface area contributed by atoms with Gasteiger partial charge in [0.25, 0.3) is 0 Å². The second-order valence-corrected chi connectivity index (χ2v) is 6.62. The van der Waals surface area contributed by atoms with Crippen LogP contribution in [0.3, 0.4) is 0 Å². The number of anilines is 1. The van der Waals surface area contributed by atoms with Crippen LogP contribution in [0.1, 0.15) is 30.4 Å².